The van der Waals surface area contributed by atoms with Crippen molar-refractivity contribution >= 4 is 68.4 Å². The average molecular weight is 534 g/mol. The third kappa shape index (κ3) is 4.18. The summed E-state index contributed by atoms with van der Waals surface area (Å²) in [5.41, 5.74) is -0.140. The molecule has 11 heteroatoms. The molecule has 0 aliphatic carbocycles. The minimum Gasteiger partial charge on any atom is -0.301 e. The first-order chi connectivity index (χ1) is 16.3. The lowest BCUT2D eigenvalue weighted by atomic mass is 10.2. The molecule has 0 fully saturated rings. The van der Waals surface area contributed by atoms with Crippen LogP contribution in [0.15, 0.2) is 69.3 Å². The zero-order valence-electron chi connectivity index (χ0n) is 17.0. The highest BCUT2D eigenvalue weighted by Crippen LogP contribution is 2.28. The zero-order valence-corrected chi connectivity index (χ0v) is 20.1. The van der Waals surface area contributed by atoms with Gasteiger partial charge in [0.25, 0.3) is 11.1 Å². The lowest BCUT2D eigenvalue weighted by Crippen LogP contribution is -2.24. The lowest BCUT2D eigenvalue weighted by molar-refractivity contribution is 0.613. The summed E-state index contributed by atoms with van der Waals surface area (Å²) >= 11 is 19.5. The van der Waals surface area contributed by atoms with Crippen molar-refractivity contribution in [2.24, 2.45) is 0 Å². The van der Waals surface area contributed by atoms with Crippen molar-refractivity contribution in [2.45, 2.75) is 10.9 Å². The predicted octanol–water partition coefficient (Wildman–Crippen LogP) is 6.01. The van der Waals surface area contributed by atoms with E-state index >= 15 is 0 Å². The molecular formula is C23H12Cl3FN4O2S. The van der Waals surface area contributed by atoms with Crippen LogP contribution < -0.4 is 11.1 Å². The molecule has 3 aromatic carbocycles. The van der Waals surface area contributed by atoms with Gasteiger partial charge in [-0.1, -0.05) is 58.7 Å². The van der Waals surface area contributed by atoms with Crippen molar-refractivity contribution in [3.8, 4) is 5.69 Å². The van der Waals surface area contributed by atoms with Crippen molar-refractivity contribution in [2.75, 3.05) is 0 Å². The number of para-hydroxylation sites is 1. The molecule has 6 nitrogen and oxygen atoms in total. The summed E-state index contributed by atoms with van der Waals surface area (Å²) in [5, 5.41) is 1.69. The largest absolute Gasteiger partial charge is 0.301 e. The second kappa shape index (κ2) is 9.03. The van der Waals surface area contributed by atoms with Crippen molar-refractivity contribution in [3.63, 3.8) is 0 Å². The Morgan fingerprint density at radius 3 is 2.50 bits per heavy atom. The smallest absolute Gasteiger partial charge is 0.266 e. The van der Waals surface area contributed by atoms with Crippen LogP contribution in [0.1, 0.15) is 5.82 Å². The van der Waals surface area contributed by atoms with Crippen LogP contribution in [0.5, 0.6) is 0 Å². The van der Waals surface area contributed by atoms with Crippen LogP contribution in [-0.2, 0) is 5.75 Å². The van der Waals surface area contributed by atoms with E-state index in [0.29, 0.717) is 21.1 Å². The van der Waals surface area contributed by atoms with Crippen LogP contribution in [-0.4, -0.2) is 19.5 Å². The maximum Gasteiger partial charge on any atom is 0.266 e. The number of rotatable bonds is 4. The van der Waals surface area contributed by atoms with Crippen molar-refractivity contribution < 1.29 is 4.39 Å². The molecule has 0 spiro atoms. The molecule has 1 N–H and O–H groups in total. The number of fused-ring (bicyclic) bond motifs is 2. The fraction of sp³-hybridized carbons (Fsp3) is 0.0435. The maximum atomic E-state index is 14.7. The lowest BCUT2D eigenvalue weighted by Gasteiger charge is -2.15. The fourth-order valence-electron chi connectivity index (χ4n) is 3.53. The van der Waals surface area contributed by atoms with Crippen molar-refractivity contribution in [1.82, 2.24) is 19.5 Å². The Morgan fingerprint density at radius 1 is 0.941 bits per heavy atom. The average Bonchev–Trinajstić information content (AvgIpc) is 2.80. The predicted molar refractivity (Wildman–Crippen MR) is 134 cm³/mol. The Labute approximate surface area is 210 Å². The SMILES string of the molecule is O=c1[nH]c(SCc2nc3c(Cl)cc(Cl)cc3c(=O)n2-c2ccccc2F)nc2ccc(Cl)cc12. The Kier molecular flexibility index (Phi) is 6.07. The molecule has 2 heterocycles. The van der Waals surface area contributed by atoms with E-state index < -0.39 is 11.4 Å². The Balaban J connectivity index is 1.66. The van der Waals surface area contributed by atoms with Gasteiger partial charge >= 0.3 is 0 Å². The van der Waals surface area contributed by atoms with Gasteiger partial charge in [-0.15, -0.1) is 0 Å². The molecular weight excluding hydrogens is 522 g/mol. The van der Waals surface area contributed by atoms with Gasteiger partial charge in [0.2, 0.25) is 0 Å². The number of aromatic amines is 1. The van der Waals surface area contributed by atoms with Crippen LogP contribution in [0.3, 0.4) is 0 Å². The second-order valence-corrected chi connectivity index (χ2v) is 9.47. The molecule has 0 radical (unpaired) electrons. The fourth-order valence-corrected chi connectivity index (χ4v) is 5.02. The number of aromatic nitrogens is 4. The third-order valence-corrected chi connectivity index (χ3v) is 6.65. The minimum atomic E-state index is -0.598. The van der Waals surface area contributed by atoms with Gasteiger partial charge in [-0.2, -0.15) is 0 Å². The molecule has 0 atom stereocenters. The number of nitrogens with zero attached hydrogens (tertiary/aromatic N) is 3. The highest BCUT2D eigenvalue weighted by molar-refractivity contribution is 7.98. The van der Waals surface area contributed by atoms with Crippen LogP contribution in [0.2, 0.25) is 15.1 Å². The van der Waals surface area contributed by atoms with E-state index in [2.05, 4.69) is 15.0 Å². The summed E-state index contributed by atoms with van der Waals surface area (Å²) in [6.45, 7) is 0. The number of H-pyrrole nitrogens is 1. The van der Waals surface area contributed by atoms with E-state index in [1.165, 1.54) is 41.0 Å². The normalized spacial score (nSPS) is 11.4. The van der Waals surface area contributed by atoms with Gasteiger partial charge in [-0.3, -0.25) is 14.2 Å². The van der Waals surface area contributed by atoms with Crippen LogP contribution in [0.25, 0.3) is 27.5 Å². The van der Waals surface area contributed by atoms with E-state index in [4.69, 9.17) is 34.8 Å². The number of thioether (sulfide) groups is 1. The first-order valence-electron chi connectivity index (χ1n) is 9.80. The van der Waals surface area contributed by atoms with Gasteiger partial charge in [0, 0.05) is 10.0 Å². The van der Waals surface area contributed by atoms with Gasteiger partial charge in [0.05, 0.1) is 38.3 Å². The van der Waals surface area contributed by atoms with E-state index in [1.807, 2.05) is 0 Å². The van der Waals surface area contributed by atoms with Gasteiger partial charge in [0.1, 0.15) is 11.6 Å². The van der Waals surface area contributed by atoms with Crippen LogP contribution in [0.4, 0.5) is 4.39 Å². The Bertz CT molecular complexity index is 1720. The van der Waals surface area contributed by atoms with Gasteiger partial charge in [-0.05, 0) is 42.5 Å². The second-order valence-electron chi connectivity index (χ2n) is 7.23. The van der Waals surface area contributed by atoms with Crippen molar-refractivity contribution in [1.29, 1.82) is 0 Å². The zero-order chi connectivity index (χ0) is 24.0. The Hall–Kier alpha value is -2.91. The number of nitrogens with one attached hydrogen (secondary N) is 1. The summed E-state index contributed by atoms with van der Waals surface area (Å²) in [4.78, 5) is 37.6. The number of hydrogen-bond acceptors (Lipinski definition) is 5. The van der Waals surface area contributed by atoms with E-state index in [1.54, 1.807) is 18.2 Å². The summed E-state index contributed by atoms with van der Waals surface area (Å²) < 4.78 is 15.9. The number of hydrogen-bond donors (Lipinski definition) is 1. The molecule has 0 bridgehead atoms. The molecule has 0 aliphatic heterocycles. The molecule has 5 rings (SSSR count). The van der Waals surface area contributed by atoms with Gasteiger partial charge in [0.15, 0.2) is 5.16 Å². The van der Waals surface area contributed by atoms with Gasteiger partial charge < -0.3 is 4.98 Å². The summed E-state index contributed by atoms with van der Waals surface area (Å²) in [6.07, 6.45) is 0. The quantitative estimate of drug-likeness (QED) is 0.226. The minimum absolute atomic E-state index is 0.0307. The number of halogens is 4. The van der Waals surface area contributed by atoms with Gasteiger partial charge in [-0.25, -0.2) is 14.4 Å². The summed E-state index contributed by atoms with van der Waals surface area (Å²) in [6, 6.07) is 13.6. The summed E-state index contributed by atoms with van der Waals surface area (Å²) in [5.74, 6) is -0.296. The summed E-state index contributed by atoms with van der Waals surface area (Å²) in [7, 11) is 0. The highest BCUT2D eigenvalue weighted by atomic mass is 35.5. The maximum absolute atomic E-state index is 14.7. The molecule has 2 aromatic heterocycles. The van der Waals surface area contributed by atoms with E-state index in [0.717, 1.165) is 11.8 Å². The molecule has 0 saturated heterocycles. The third-order valence-electron chi connectivity index (χ3n) is 5.04. The first kappa shape index (κ1) is 22.9. The Morgan fingerprint density at radius 2 is 1.71 bits per heavy atom. The highest BCUT2D eigenvalue weighted by Gasteiger charge is 2.18. The standard InChI is InChI=1S/C23H12Cl3FN4O2S/c24-11-5-6-17-13(7-11)21(32)30-23(28-17)34-10-19-29-20-14(8-12(25)9-15(20)26)22(33)31(19)18-4-2-1-3-16(18)27/h1-9H,10H2,(H,28,30,32). The number of benzene rings is 3. The first-order valence-corrected chi connectivity index (χ1v) is 11.9. The molecule has 34 heavy (non-hydrogen) atoms. The monoisotopic (exact) mass is 532 g/mol. The van der Waals surface area contributed by atoms with E-state index in [-0.39, 0.29) is 43.8 Å². The molecule has 5 aromatic rings. The molecule has 0 saturated carbocycles. The molecule has 170 valence electrons. The van der Waals surface area contributed by atoms with Crippen LogP contribution in [0, 0.1) is 5.82 Å². The topological polar surface area (TPSA) is 80.6 Å². The van der Waals surface area contributed by atoms with Crippen LogP contribution >= 0.6 is 46.6 Å². The molecule has 0 aliphatic rings. The van der Waals surface area contributed by atoms with E-state index in [9.17, 15) is 14.0 Å². The molecule has 0 amide bonds. The molecule has 0 unspecified atom stereocenters. The van der Waals surface area contributed by atoms with Crippen molar-refractivity contribution in [3.05, 3.63) is 102 Å².